The molecule has 1 atom stereocenters. The lowest BCUT2D eigenvalue weighted by atomic mass is 10.9. The lowest BCUT2D eigenvalue weighted by molar-refractivity contribution is 0.357. The molecule has 0 fully saturated rings. The number of hydrogen-bond donors (Lipinski definition) is 5. The van der Waals surface area contributed by atoms with Crippen molar-refractivity contribution in [3.8, 4) is 0 Å². The van der Waals surface area contributed by atoms with Crippen molar-refractivity contribution in [1.82, 2.24) is 0 Å². The van der Waals surface area contributed by atoms with E-state index in [0.29, 0.717) is 0 Å². The Kier molecular flexibility index (Phi) is 3.79. The van der Waals surface area contributed by atoms with Gasteiger partial charge in [-0.1, -0.05) is 0 Å². The zero-order valence-electron chi connectivity index (χ0n) is 5.23. The average molecular weight is 222 g/mol. The van der Waals surface area contributed by atoms with Crippen molar-refractivity contribution in [2.24, 2.45) is 0 Å². The van der Waals surface area contributed by atoms with Crippen LogP contribution in [0.2, 0.25) is 0 Å². The molecule has 0 saturated heterocycles. The topological polar surface area (TPSA) is 115 Å². The summed E-state index contributed by atoms with van der Waals surface area (Å²) >= 11 is 3.35. The van der Waals surface area contributed by atoms with Crippen LogP contribution in [0.4, 0.5) is 0 Å². The maximum absolute atomic E-state index is 10.3. The van der Waals surface area contributed by atoms with Crippen molar-refractivity contribution in [2.75, 3.05) is 6.16 Å². The fourth-order valence-electron chi connectivity index (χ4n) is 0.319. The summed E-state index contributed by atoms with van der Waals surface area (Å²) in [4.78, 5) is 31.6. The van der Waals surface area contributed by atoms with Crippen LogP contribution in [0.3, 0.4) is 0 Å². The Balaban J connectivity index is 4.22. The molecule has 0 aromatic rings. The van der Waals surface area contributed by atoms with Crippen LogP contribution in [0.5, 0.6) is 0 Å². The van der Waals surface area contributed by atoms with E-state index in [0.717, 1.165) is 0 Å². The quantitative estimate of drug-likeness (QED) is 0.327. The third kappa shape index (κ3) is 5.87. The average Bonchev–Trinajstić information content (AvgIpc) is 1.56. The molecular weight excluding hydrogens is 214 g/mol. The summed E-state index contributed by atoms with van der Waals surface area (Å²) in [6.07, 6.45) is -0.916. The maximum atomic E-state index is 10.3. The van der Waals surface area contributed by atoms with E-state index < -0.39 is 26.3 Å². The molecule has 68 valence electrons. The smallest absolute Gasteiger partial charge is 0.324 e. The largest absolute Gasteiger partial charge is 0.338 e. The second kappa shape index (κ2) is 3.58. The summed E-state index contributed by atoms with van der Waals surface area (Å²) in [6.45, 7) is 0. The zero-order valence-corrected chi connectivity index (χ0v) is 7.91. The van der Waals surface area contributed by atoms with Crippen molar-refractivity contribution in [1.29, 1.82) is 0 Å². The number of thiol groups is 1. The zero-order chi connectivity index (χ0) is 9.28. The standard InChI is InChI=1S/C2H8O6P2S/c3-9(4,5)1-2(11)10(6,7)8/h2,11H,1H2,(H2,3,4,5)(H2,6,7,8). The van der Waals surface area contributed by atoms with E-state index in [1.165, 1.54) is 0 Å². The molecule has 0 aliphatic carbocycles. The van der Waals surface area contributed by atoms with Crippen LogP contribution in [0.15, 0.2) is 0 Å². The lowest BCUT2D eigenvalue weighted by Crippen LogP contribution is -2.06. The second-order valence-electron chi connectivity index (χ2n) is 1.92. The highest BCUT2D eigenvalue weighted by molar-refractivity contribution is 7.90. The van der Waals surface area contributed by atoms with Gasteiger partial charge in [-0.25, -0.2) is 0 Å². The molecule has 0 radical (unpaired) electrons. The third-order valence-electron chi connectivity index (χ3n) is 0.789. The highest BCUT2D eigenvalue weighted by Crippen LogP contribution is 2.50. The Hall–Kier alpha value is 0.650. The molecule has 0 saturated carbocycles. The molecule has 0 heterocycles. The van der Waals surface area contributed by atoms with Crippen LogP contribution in [0, 0.1) is 0 Å². The summed E-state index contributed by atoms with van der Waals surface area (Å²) in [5, 5.41) is 0. The summed E-state index contributed by atoms with van der Waals surface area (Å²) in [5.74, 6) is 0. The second-order valence-corrected chi connectivity index (χ2v) is 6.44. The van der Waals surface area contributed by atoms with Gasteiger partial charge in [-0.05, 0) is 0 Å². The fourth-order valence-corrected chi connectivity index (χ4v) is 2.87. The Bertz CT molecular complexity index is 215. The van der Waals surface area contributed by atoms with Crippen molar-refractivity contribution in [3.63, 3.8) is 0 Å². The molecule has 0 aliphatic heterocycles. The predicted molar refractivity (Wildman–Crippen MR) is 41.7 cm³/mol. The van der Waals surface area contributed by atoms with Gasteiger partial charge in [0.15, 0.2) is 0 Å². The first-order valence-corrected chi connectivity index (χ1v) is 6.40. The Morgan fingerprint density at radius 2 is 1.55 bits per heavy atom. The van der Waals surface area contributed by atoms with E-state index in [9.17, 15) is 9.13 Å². The van der Waals surface area contributed by atoms with Gasteiger partial charge in [-0.15, -0.1) is 0 Å². The van der Waals surface area contributed by atoms with Gasteiger partial charge < -0.3 is 19.6 Å². The molecule has 9 heteroatoms. The summed E-state index contributed by atoms with van der Waals surface area (Å²) in [7, 11) is -8.87. The lowest BCUT2D eigenvalue weighted by Gasteiger charge is -2.12. The van der Waals surface area contributed by atoms with Gasteiger partial charge in [0.05, 0.1) is 6.16 Å². The minimum absolute atomic E-state index is 0.916. The van der Waals surface area contributed by atoms with Crippen LogP contribution < -0.4 is 0 Å². The molecule has 4 N–H and O–H groups in total. The van der Waals surface area contributed by atoms with Gasteiger partial charge in [0, 0.05) is 0 Å². The molecule has 0 bridgehead atoms. The highest BCUT2D eigenvalue weighted by atomic mass is 32.1. The summed E-state index contributed by atoms with van der Waals surface area (Å²) in [5.41, 5.74) is 0. The predicted octanol–water partition coefficient (Wildman–Crippen LogP) is -0.402. The first kappa shape index (κ1) is 11.6. The molecule has 0 aliphatic rings. The Morgan fingerprint density at radius 3 is 1.64 bits per heavy atom. The molecule has 0 aromatic carbocycles. The van der Waals surface area contributed by atoms with Gasteiger partial charge in [-0.2, -0.15) is 12.6 Å². The van der Waals surface area contributed by atoms with Gasteiger partial charge in [0.25, 0.3) is 0 Å². The van der Waals surface area contributed by atoms with Crippen LogP contribution in [0.1, 0.15) is 0 Å². The first-order valence-electron chi connectivity index (χ1n) is 2.41. The van der Waals surface area contributed by atoms with Crippen LogP contribution in [-0.4, -0.2) is 30.7 Å². The van der Waals surface area contributed by atoms with Gasteiger partial charge in [0.1, 0.15) is 4.99 Å². The van der Waals surface area contributed by atoms with Gasteiger partial charge in [-0.3, -0.25) is 9.13 Å². The van der Waals surface area contributed by atoms with Crippen molar-refractivity contribution < 1.29 is 28.7 Å². The third-order valence-corrected chi connectivity index (χ3v) is 4.25. The molecule has 1 unspecified atom stereocenters. The van der Waals surface area contributed by atoms with Crippen molar-refractivity contribution in [2.45, 2.75) is 4.99 Å². The molecular formula is C2H8O6P2S. The molecule has 0 spiro atoms. The molecule has 0 amide bonds. The minimum atomic E-state index is -4.48. The minimum Gasteiger partial charge on any atom is -0.324 e. The fraction of sp³-hybridized carbons (Fsp3) is 1.00. The van der Waals surface area contributed by atoms with Gasteiger partial charge in [0.2, 0.25) is 0 Å². The van der Waals surface area contributed by atoms with E-state index in [2.05, 4.69) is 12.6 Å². The first-order chi connectivity index (χ1) is 4.63. The van der Waals surface area contributed by atoms with E-state index in [-0.39, 0.29) is 0 Å². The molecule has 11 heavy (non-hydrogen) atoms. The van der Waals surface area contributed by atoms with Crippen LogP contribution in [-0.2, 0) is 9.13 Å². The molecule has 6 nitrogen and oxygen atoms in total. The molecule has 0 rings (SSSR count). The monoisotopic (exact) mass is 222 g/mol. The number of hydrogen-bond acceptors (Lipinski definition) is 3. The van der Waals surface area contributed by atoms with Crippen LogP contribution >= 0.6 is 27.8 Å². The van der Waals surface area contributed by atoms with Crippen molar-refractivity contribution in [3.05, 3.63) is 0 Å². The van der Waals surface area contributed by atoms with E-state index in [1.54, 1.807) is 0 Å². The summed E-state index contributed by atoms with van der Waals surface area (Å²) in [6, 6.07) is 0. The van der Waals surface area contributed by atoms with E-state index >= 15 is 0 Å². The van der Waals surface area contributed by atoms with Crippen molar-refractivity contribution >= 4 is 27.8 Å². The maximum Gasteiger partial charge on any atom is 0.338 e. The number of rotatable bonds is 3. The highest BCUT2D eigenvalue weighted by Gasteiger charge is 2.31. The Morgan fingerprint density at radius 1 is 1.18 bits per heavy atom. The SMILES string of the molecule is O=P(O)(O)CC(S)P(=O)(O)O. The van der Waals surface area contributed by atoms with E-state index in [4.69, 9.17) is 19.6 Å². The van der Waals surface area contributed by atoms with E-state index in [1.807, 2.05) is 0 Å². The van der Waals surface area contributed by atoms with Gasteiger partial charge >= 0.3 is 15.2 Å². The summed E-state index contributed by atoms with van der Waals surface area (Å²) < 4.78 is 20.5. The Labute approximate surface area is 68.4 Å². The van der Waals surface area contributed by atoms with Crippen LogP contribution in [0.25, 0.3) is 0 Å². The normalized spacial score (nSPS) is 16.5. The molecule has 0 aromatic heterocycles.